The van der Waals surface area contributed by atoms with E-state index in [4.69, 9.17) is 0 Å². The van der Waals surface area contributed by atoms with Gasteiger partial charge in [-0.2, -0.15) is 5.10 Å². The Morgan fingerprint density at radius 2 is 2.11 bits per heavy atom. The number of rotatable bonds is 6. The Kier molecular flexibility index (Phi) is 3.69. The average Bonchev–Trinajstić information content (AvgIpc) is 2.86. The van der Waals surface area contributed by atoms with E-state index in [1.54, 1.807) is 0 Å². The van der Waals surface area contributed by atoms with Crippen molar-refractivity contribution >= 4 is 0 Å². The first-order chi connectivity index (χ1) is 8.81. The molecule has 0 amide bonds. The van der Waals surface area contributed by atoms with Gasteiger partial charge in [0.2, 0.25) is 0 Å². The molecule has 2 aliphatic carbocycles. The Morgan fingerprint density at radius 3 is 2.72 bits per heavy atom. The summed E-state index contributed by atoms with van der Waals surface area (Å²) in [5.74, 6) is 1.76. The molecule has 2 fully saturated rings. The number of hydrogen-bond acceptors (Lipinski definition) is 2. The summed E-state index contributed by atoms with van der Waals surface area (Å²) in [4.78, 5) is 0. The maximum Gasteiger partial charge on any atom is 0.0521 e. The first kappa shape index (κ1) is 12.2. The summed E-state index contributed by atoms with van der Waals surface area (Å²) in [6.45, 7) is 1.21. The summed E-state index contributed by atoms with van der Waals surface area (Å²) in [6, 6.07) is 0.836. The van der Waals surface area contributed by atoms with Gasteiger partial charge in [0.15, 0.2) is 0 Å². The fourth-order valence-electron chi connectivity index (χ4n) is 3.32. The van der Waals surface area contributed by atoms with Crippen molar-refractivity contribution in [3.05, 3.63) is 18.0 Å². The van der Waals surface area contributed by atoms with E-state index in [0.29, 0.717) is 0 Å². The number of nitrogens with one attached hydrogen (secondary N) is 1. The van der Waals surface area contributed by atoms with Crippen molar-refractivity contribution in [2.45, 2.75) is 51.0 Å². The van der Waals surface area contributed by atoms with E-state index < -0.39 is 0 Å². The van der Waals surface area contributed by atoms with Gasteiger partial charge in [-0.1, -0.05) is 25.7 Å². The highest BCUT2D eigenvalue weighted by Crippen LogP contribution is 2.33. The van der Waals surface area contributed by atoms with Gasteiger partial charge in [0, 0.05) is 19.3 Å². The molecular weight excluding hydrogens is 222 g/mol. The summed E-state index contributed by atoms with van der Waals surface area (Å²) >= 11 is 0. The number of hydrogen-bond donors (Lipinski definition) is 1. The first-order valence-corrected chi connectivity index (χ1v) is 7.52. The van der Waals surface area contributed by atoms with Crippen LogP contribution in [0.5, 0.6) is 0 Å². The Labute approximate surface area is 110 Å². The van der Waals surface area contributed by atoms with E-state index in [0.717, 1.165) is 17.9 Å². The van der Waals surface area contributed by atoms with Gasteiger partial charge in [-0.3, -0.25) is 4.68 Å². The van der Waals surface area contributed by atoms with Crippen LogP contribution in [0.25, 0.3) is 0 Å². The van der Waals surface area contributed by atoms with Crippen molar-refractivity contribution in [2.24, 2.45) is 18.9 Å². The van der Waals surface area contributed by atoms with Crippen LogP contribution in [-0.4, -0.2) is 22.4 Å². The lowest BCUT2D eigenvalue weighted by molar-refractivity contribution is 0.320. The highest BCUT2D eigenvalue weighted by Gasteiger charge is 2.28. The van der Waals surface area contributed by atoms with Gasteiger partial charge in [-0.25, -0.2) is 0 Å². The Balaban J connectivity index is 1.59. The SMILES string of the molecule is Cn1cc(CC(CNC2CC2)C2CCCC2)cn1. The van der Waals surface area contributed by atoms with Gasteiger partial charge >= 0.3 is 0 Å². The summed E-state index contributed by atoms with van der Waals surface area (Å²) in [5.41, 5.74) is 1.41. The molecule has 1 atom stereocenters. The van der Waals surface area contributed by atoms with E-state index in [2.05, 4.69) is 16.6 Å². The van der Waals surface area contributed by atoms with Crippen molar-refractivity contribution in [1.29, 1.82) is 0 Å². The van der Waals surface area contributed by atoms with Crippen LogP contribution in [0.3, 0.4) is 0 Å². The fraction of sp³-hybridized carbons (Fsp3) is 0.800. The number of nitrogens with zero attached hydrogens (tertiary/aromatic N) is 2. The van der Waals surface area contributed by atoms with Crippen LogP contribution in [0.2, 0.25) is 0 Å². The van der Waals surface area contributed by atoms with Crippen LogP contribution in [-0.2, 0) is 13.5 Å². The molecule has 0 spiro atoms. The Bertz CT molecular complexity index is 375. The number of aromatic nitrogens is 2. The van der Waals surface area contributed by atoms with Crippen LogP contribution in [0, 0.1) is 11.8 Å². The van der Waals surface area contributed by atoms with Gasteiger partial charge in [0.05, 0.1) is 6.20 Å². The molecular formula is C15H25N3. The van der Waals surface area contributed by atoms with Crippen LogP contribution < -0.4 is 5.32 Å². The molecule has 0 aliphatic heterocycles. The molecule has 3 rings (SSSR count). The molecule has 1 aromatic rings. The second-order valence-electron chi connectivity index (χ2n) is 6.21. The smallest absolute Gasteiger partial charge is 0.0521 e. The largest absolute Gasteiger partial charge is 0.314 e. The van der Waals surface area contributed by atoms with E-state index in [1.807, 2.05) is 17.9 Å². The third-order valence-electron chi connectivity index (χ3n) is 4.57. The topological polar surface area (TPSA) is 29.9 Å². The summed E-state index contributed by atoms with van der Waals surface area (Å²) in [7, 11) is 2.01. The minimum absolute atomic E-state index is 0.817. The van der Waals surface area contributed by atoms with Gasteiger partial charge in [-0.15, -0.1) is 0 Å². The third-order valence-corrected chi connectivity index (χ3v) is 4.57. The molecule has 100 valence electrons. The zero-order valence-electron chi connectivity index (χ0n) is 11.4. The van der Waals surface area contributed by atoms with Crippen molar-refractivity contribution in [2.75, 3.05) is 6.54 Å². The van der Waals surface area contributed by atoms with Crippen molar-refractivity contribution < 1.29 is 0 Å². The molecule has 3 nitrogen and oxygen atoms in total. The quantitative estimate of drug-likeness (QED) is 0.837. The van der Waals surface area contributed by atoms with Crippen LogP contribution >= 0.6 is 0 Å². The minimum atomic E-state index is 0.817. The Hall–Kier alpha value is -0.830. The van der Waals surface area contributed by atoms with Crippen molar-refractivity contribution in [3.63, 3.8) is 0 Å². The van der Waals surface area contributed by atoms with E-state index in [-0.39, 0.29) is 0 Å². The molecule has 0 aromatic carbocycles. The average molecular weight is 247 g/mol. The predicted octanol–water partition coefficient (Wildman–Crippen LogP) is 2.52. The minimum Gasteiger partial charge on any atom is -0.314 e. The molecule has 0 saturated heterocycles. The monoisotopic (exact) mass is 247 g/mol. The summed E-state index contributed by atoms with van der Waals surface area (Å²) in [5, 5.41) is 8.03. The summed E-state index contributed by atoms with van der Waals surface area (Å²) < 4.78 is 1.93. The highest BCUT2D eigenvalue weighted by atomic mass is 15.2. The molecule has 1 aromatic heterocycles. The lowest BCUT2D eigenvalue weighted by atomic mass is 9.86. The van der Waals surface area contributed by atoms with Crippen molar-refractivity contribution in [3.8, 4) is 0 Å². The van der Waals surface area contributed by atoms with Crippen LogP contribution in [0.4, 0.5) is 0 Å². The lowest BCUT2D eigenvalue weighted by Gasteiger charge is -2.23. The van der Waals surface area contributed by atoms with Crippen LogP contribution in [0.1, 0.15) is 44.1 Å². The molecule has 1 unspecified atom stereocenters. The fourth-order valence-corrected chi connectivity index (χ4v) is 3.32. The lowest BCUT2D eigenvalue weighted by Crippen LogP contribution is -2.30. The van der Waals surface area contributed by atoms with Crippen molar-refractivity contribution in [1.82, 2.24) is 15.1 Å². The molecule has 3 heteroatoms. The highest BCUT2D eigenvalue weighted by molar-refractivity contribution is 5.06. The molecule has 1 N–H and O–H groups in total. The molecule has 2 saturated carbocycles. The predicted molar refractivity (Wildman–Crippen MR) is 73.4 cm³/mol. The summed E-state index contributed by atoms with van der Waals surface area (Å²) in [6.07, 6.45) is 14.0. The normalized spacial score (nSPS) is 22.5. The van der Waals surface area contributed by atoms with Gasteiger partial charge < -0.3 is 5.32 Å². The second kappa shape index (κ2) is 5.43. The number of aryl methyl sites for hydroxylation is 1. The van der Waals surface area contributed by atoms with Gasteiger partial charge in [0.25, 0.3) is 0 Å². The third kappa shape index (κ3) is 3.14. The standard InChI is InChI=1S/C15H25N3/c1-18-11-12(9-17-18)8-14(10-16-15-6-7-15)13-4-2-3-5-13/h9,11,13-16H,2-8,10H2,1H3. The second-order valence-corrected chi connectivity index (χ2v) is 6.21. The van der Waals surface area contributed by atoms with E-state index >= 15 is 0 Å². The van der Waals surface area contributed by atoms with Crippen LogP contribution in [0.15, 0.2) is 12.4 Å². The Morgan fingerprint density at radius 1 is 1.33 bits per heavy atom. The molecule has 1 heterocycles. The molecule has 18 heavy (non-hydrogen) atoms. The van der Waals surface area contributed by atoms with E-state index in [1.165, 1.54) is 57.1 Å². The molecule has 2 aliphatic rings. The maximum atomic E-state index is 4.30. The van der Waals surface area contributed by atoms with Gasteiger partial charge in [-0.05, 0) is 43.2 Å². The van der Waals surface area contributed by atoms with Gasteiger partial charge in [0.1, 0.15) is 0 Å². The maximum absolute atomic E-state index is 4.30. The molecule has 0 bridgehead atoms. The molecule has 0 radical (unpaired) electrons. The first-order valence-electron chi connectivity index (χ1n) is 7.52. The zero-order chi connectivity index (χ0) is 12.4. The van der Waals surface area contributed by atoms with E-state index in [9.17, 15) is 0 Å². The zero-order valence-corrected chi connectivity index (χ0v) is 11.4.